The average molecular weight is 616 g/mol. The zero-order valence-corrected chi connectivity index (χ0v) is 25.7. The summed E-state index contributed by atoms with van der Waals surface area (Å²) >= 11 is 1.10. The zero-order chi connectivity index (χ0) is 31.5. The van der Waals surface area contributed by atoms with Gasteiger partial charge in [0.2, 0.25) is 0 Å². The van der Waals surface area contributed by atoms with Gasteiger partial charge in [-0.3, -0.25) is 14.2 Å². The first-order chi connectivity index (χ1) is 20.4. The first-order valence-electron chi connectivity index (χ1n) is 13.7. The van der Waals surface area contributed by atoms with Gasteiger partial charge in [-0.15, -0.1) is 4.80 Å². The minimum Gasteiger partial charge on any atom is -0.496 e. The van der Waals surface area contributed by atoms with Crippen molar-refractivity contribution < 1.29 is 28.2 Å². The predicted octanol–water partition coefficient (Wildman–Crippen LogP) is 3.69. The molecule has 0 saturated carbocycles. The summed E-state index contributed by atoms with van der Waals surface area (Å²) in [6, 6.07) is 3.84. The van der Waals surface area contributed by atoms with Gasteiger partial charge in [-0.25, -0.2) is 18.5 Å². The number of Topliss-reactive ketones (excluding diaryl/α,β-unsaturated/α-hetero) is 1. The van der Waals surface area contributed by atoms with Crippen molar-refractivity contribution in [2.75, 3.05) is 20.3 Å². The van der Waals surface area contributed by atoms with Crippen molar-refractivity contribution in [3.05, 3.63) is 68.4 Å². The van der Waals surface area contributed by atoms with Gasteiger partial charge in [-0.2, -0.15) is 10.2 Å². The summed E-state index contributed by atoms with van der Waals surface area (Å²) in [5, 5.41) is 9.01. The summed E-state index contributed by atoms with van der Waals surface area (Å²) in [6.07, 6.45) is 3.30. The normalized spacial score (nSPS) is 12.4. The van der Waals surface area contributed by atoms with Crippen molar-refractivity contribution in [2.45, 2.75) is 65.6 Å². The Hall–Kier alpha value is -4.17. The molecule has 230 valence electrons. The molecule has 0 N–H and O–H groups in total. The molecule has 4 aromatic rings. The largest absolute Gasteiger partial charge is 0.496 e. The van der Waals surface area contributed by atoms with E-state index in [2.05, 4.69) is 10.2 Å². The molecule has 4 rings (SSSR count). The molecule has 0 unspecified atom stereocenters. The number of aromatic nitrogens is 5. The summed E-state index contributed by atoms with van der Waals surface area (Å²) in [7, 11) is 1.40. The van der Waals surface area contributed by atoms with Crippen molar-refractivity contribution in [3.8, 4) is 10.8 Å². The van der Waals surface area contributed by atoms with Crippen LogP contribution in [0.25, 0.3) is 15.2 Å². The number of fused-ring (bicyclic) bond motifs is 1. The Balaban J connectivity index is 2.00. The molecule has 43 heavy (non-hydrogen) atoms. The minimum absolute atomic E-state index is 0.136. The van der Waals surface area contributed by atoms with Gasteiger partial charge in [0.1, 0.15) is 39.6 Å². The molecule has 0 aliphatic heterocycles. The van der Waals surface area contributed by atoms with E-state index in [-0.39, 0.29) is 47.1 Å². The number of thiophene rings is 1. The molecule has 12 nitrogen and oxygen atoms in total. The maximum absolute atomic E-state index is 14.5. The van der Waals surface area contributed by atoms with Crippen molar-refractivity contribution in [2.24, 2.45) is 0 Å². The monoisotopic (exact) mass is 615 g/mol. The van der Waals surface area contributed by atoms with Crippen molar-refractivity contribution in [3.63, 3.8) is 0 Å². The number of halogens is 1. The molecule has 3 aromatic heterocycles. The van der Waals surface area contributed by atoms with Crippen molar-refractivity contribution in [1.82, 2.24) is 24.1 Å². The predicted molar refractivity (Wildman–Crippen MR) is 158 cm³/mol. The van der Waals surface area contributed by atoms with Crippen LogP contribution in [0.4, 0.5) is 4.39 Å². The van der Waals surface area contributed by atoms with Gasteiger partial charge in [0.15, 0.2) is 5.78 Å². The number of esters is 1. The molecule has 0 fully saturated rings. The van der Waals surface area contributed by atoms with Crippen LogP contribution in [-0.4, -0.2) is 56.2 Å². The smallest absolute Gasteiger partial charge is 0.333 e. The lowest BCUT2D eigenvalue weighted by Crippen LogP contribution is -2.53. The molecule has 1 aromatic carbocycles. The Morgan fingerprint density at radius 3 is 2.49 bits per heavy atom. The highest BCUT2D eigenvalue weighted by Gasteiger charge is 2.37. The third kappa shape index (κ3) is 6.30. The highest BCUT2D eigenvalue weighted by molar-refractivity contribution is 7.21. The fourth-order valence-corrected chi connectivity index (χ4v) is 5.88. The van der Waals surface area contributed by atoms with Gasteiger partial charge in [0, 0.05) is 11.1 Å². The molecule has 0 saturated heterocycles. The van der Waals surface area contributed by atoms with Gasteiger partial charge in [-0.1, -0.05) is 24.7 Å². The van der Waals surface area contributed by atoms with Crippen LogP contribution >= 0.6 is 11.3 Å². The third-order valence-electron chi connectivity index (χ3n) is 6.95. The van der Waals surface area contributed by atoms with Crippen LogP contribution in [0, 0.1) is 12.7 Å². The van der Waals surface area contributed by atoms with Crippen LogP contribution in [0.3, 0.4) is 0 Å². The number of hydrogen-bond acceptors (Lipinski definition) is 10. The number of benzene rings is 1. The van der Waals surface area contributed by atoms with E-state index in [1.165, 1.54) is 67.8 Å². The number of carbonyl (C=O) groups is 2. The van der Waals surface area contributed by atoms with E-state index in [0.29, 0.717) is 17.0 Å². The molecule has 1 atom stereocenters. The van der Waals surface area contributed by atoms with E-state index in [1.807, 2.05) is 6.92 Å². The number of unbranched alkanes of at least 4 members (excludes halogenated alkanes) is 1. The summed E-state index contributed by atoms with van der Waals surface area (Å²) in [6.45, 7) is 7.41. The Bertz CT molecular complexity index is 1760. The molecule has 14 heteroatoms. The molecule has 0 bridgehead atoms. The first-order valence-corrected chi connectivity index (χ1v) is 14.5. The van der Waals surface area contributed by atoms with E-state index in [4.69, 9.17) is 14.2 Å². The van der Waals surface area contributed by atoms with E-state index in [1.54, 1.807) is 6.92 Å². The number of ketones is 1. The summed E-state index contributed by atoms with van der Waals surface area (Å²) in [5.74, 6) is -1.34. The lowest BCUT2D eigenvalue weighted by Gasteiger charge is -2.27. The van der Waals surface area contributed by atoms with Crippen molar-refractivity contribution in [1.29, 1.82) is 0 Å². The second-order valence-electron chi connectivity index (χ2n) is 10.5. The number of methoxy groups -OCH3 is 1. The molecule has 0 radical (unpaired) electrons. The Morgan fingerprint density at radius 1 is 1.16 bits per heavy atom. The molecule has 0 aliphatic rings. The lowest BCUT2D eigenvalue weighted by molar-refractivity contribution is -0.153. The van der Waals surface area contributed by atoms with Gasteiger partial charge < -0.3 is 14.2 Å². The summed E-state index contributed by atoms with van der Waals surface area (Å²) in [5.41, 5.74) is -2.46. The number of ether oxygens (including phenoxy) is 3. The fraction of sp³-hybridized carbons (Fsp3) is 0.448. The van der Waals surface area contributed by atoms with E-state index >= 15 is 0 Å². The highest BCUT2D eigenvalue weighted by atomic mass is 32.1. The van der Waals surface area contributed by atoms with Crippen molar-refractivity contribution >= 4 is 33.3 Å². The summed E-state index contributed by atoms with van der Waals surface area (Å²) < 4.78 is 33.4. The van der Waals surface area contributed by atoms with Gasteiger partial charge in [0.25, 0.3) is 5.56 Å². The van der Waals surface area contributed by atoms with E-state index < -0.39 is 34.7 Å². The molecule has 0 amide bonds. The molecule has 3 heterocycles. The third-order valence-corrected chi connectivity index (χ3v) is 8.23. The quantitative estimate of drug-likeness (QED) is 0.163. The topological polar surface area (TPSA) is 137 Å². The second-order valence-corrected chi connectivity index (χ2v) is 11.5. The SMILES string of the molecule is CCCCOC(=O)C(C)(C)n1c(=O)c2c(C)c(-n3nccn3)sc2n(C[C@H](OCC(C)=O)c2cc(F)ccc2OC)c1=O. The maximum Gasteiger partial charge on any atom is 0.333 e. The average Bonchev–Trinajstić information content (AvgIpc) is 3.60. The highest BCUT2D eigenvalue weighted by Crippen LogP contribution is 2.34. The van der Waals surface area contributed by atoms with Crippen LogP contribution in [0.15, 0.2) is 40.2 Å². The fourth-order valence-electron chi connectivity index (χ4n) is 4.66. The summed E-state index contributed by atoms with van der Waals surface area (Å²) in [4.78, 5) is 55.1. The second kappa shape index (κ2) is 13.0. The van der Waals surface area contributed by atoms with Crippen LogP contribution in [0.2, 0.25) is 0 Å². The van der Waals surface area contributed by atoms with Crippen LogP contribution in [-0.2, 0) is 31.1 Å². The molecule has 0 aliphatic carbocycles. The van der Waals surface area contributed by atoms with E-state index in [9.17, 15) is 23.6 Å². The van der Waals surface area contributed by atoms with Gasteiger partial charge in [-0.05, 0) is 52.3 Å². The maximum atomic E-state index is 14.5. The Labute approximate surface area is 250 Å². The molecule has 0 spiro atoms. The number of nitrogens with zero attached hydrogens (tertiary/aromatic N) is 5. The van der Waals surface area contributed by atoms with Gasteiger partial charge >= 0.3 is 11.7 Å². The zero-order valence-electron chi connectivity index (χ0n) is 24.9. The number of aryl methyl sites for hydroxylation is 1. The Kier molecular flexibility index (Phi) is 9.60. The molecular formula is C29H34FN5O7S. The minimum atomic E-state index is -1.69. The standard InChI is InChI=1S/C29H34FN5O7S/c1-7-8-13-41-27(38)29(4,5)34-24(37)23-18(3)25(35-31-11-12-32-35)43-26(23)33(28(34)39)15-22(42-16-17(2)36)20-14-19(30)9-10-21(20)40-6/h9-12,14,22H,7-8,13,15-16H2,1-6H3/t22-/m0/s1. The first kappa shape index (κ1) is 31.8. The van der Waals surface area contributed by atoms with Crippen LogP contribution < -0.4 is 16.0 Å². The van der Waals surface area contributed by atoms with Crippen LogP contribution in [0.5, 0.6) is 5.75 Å². The number of rotatable bonds is 13. The van der Waals surface area contributed by atoms with E-state index in [0.717, 1.165) is 22.3 Å². The lowest BCUT2D eigenvalue weighted by atomic mass is 10.0. The number of hydrogen-bond donors (Lipinski definition) is 0. The Morgan fingerprint density at radius 2 is 1.86 bits per heavy atom. The van der Waals surface area contributed by atoms with Gasteiger partial charge in [0.05, 0.1) is 38.0 Å². The molecular weight excluding hydrogens is 581 g/mol. The van der Waals surface area contributed by atoms with Crippen LogP contribution in [0.1, 0.15) is 57.8 Å². The number of carbonyl (C=O) groups excluding carboxylic acids is 2.